The molecule has 0 aliphatic carbocycles. The predicted molar refractivity (Wildman–Crippen MR) is 112 cm³/mol. The lowest BCUT2D eigenvalue weighted by atomic mass is 9.84. The number of rotatable bonds is 4. The van der Waals surface area contributed by atoms with Crippen LogP contribution in [0.1, 0.15) is 25.2 Å². The molecule has 4 rings (SSSR count). The molecule has 4 aromatic rings. The third-order valence-electron chi connectivity index (χ3n) is 4.96. The van der Waals surface area contributed by atoms with Crippen LogP contribution in [0.25, 0.3) is 22.5 Å². The quantitative estimate of drug-likeness (QED) is 0.365. The Morgan fingerprint density at radius 2 is 1.16 bits per heavy atom. The van der Waals surface area contributed by atoms with E-state index in [1.54, 1.807) is 24.3 Å². The van der Waals surface area contributed by atoms with Gasteiger partial charge in [-0.2, -0.15) is 18.2 Å². The topological polar surface area (TPSA) is 51.6 Å². The lowest BCUT2D eigenvalue weighted by molar-refractivity contribution is 0.514. The van der Waals surface area contributed by atoms with Crippen LogP contribution in [0.3, 0.4) is 0 Å². The smallest absolute Gasteiger partial charge is 0.224 e. The summed E-state index contributed by atoms with van der Waals surface area (Å²) in [4.78, 5) is 16.1. The Balaban J connectivity index is 1.75. The van der Waals surface area contributed by atoms with Gasteiger partial charge in [0.05, 0.1) is 28.3 Å². The Morgan fingerprint density at radius 3 is 1.71 bits per heavy atom. The monoisotopic (exact) mass is 440 g/mol. The Hall–Kier alpha value is -3.32. The van der Waals surface area contributed by atoms with Crippen LogP contribution in [0.2, 0.25) is 5.15 Å². The molecule has 0 unspecified atom stereocenters. The summed E-state index contributed by atoms with van der Waals surface area (Å²) in [6.45, 7) is 3.85. The van der Waals surface area contributed by atoms with Gasteiger partial charge in [0.15, 0.2) is 0 Å². The molecule has 4 aromatic heterocycles. The van der Waals surface area contributed by atoms with Crippen molar-refractivity contribution in [1.29, 1.82) is 0 Å². The summed E-state index contributed by atoms with van der Waals surface area (Å²) in [7, 11) is 0. The van der Waals surface area contributed by atoms with Crippen LogP contribution in [0.4, 0.5) is 13.2 Å². The average molecular weight is 441 g/mol. The molecule has 156 valence electrons. The molecule has 4 nitrogen and oxygen atoms in total. The van der Waals surface area contributed by atoms with Crippen LogP contribution in [-0.4, -0.2) is 19.9 Å². The summed E-state index contributed by atoms with van der Waals surface area (Å²) in [6.07, 6.45) is 0. The fourth-order valence-electron chi connectivity index (χ4n) is 3.20. The molecule has 0 N–H and O–H groups in total. The lowest BCUT2D eigenvalue weighted by Gasteiger charge is -2.25. The highest BCUT2D eigenvalue weighted by atomic mass is 35.5. The molecule has 0 saturated carbocycles. The summed E-state index contributed by atoms with van der Waals surface area (Å²) in [5.74, 6) is -2.50. The first-order valence-electron chi connectivity index (χ1n) is 9.35. The van der Waals surface area contributed by atoms with E-state index in [1.807, 2.05) is 26.0 Å². The van der Waals surface area contributed by atoms with Crippen LogP contribution < -0.4 is 0 Å². The standard InChI is InChI=1S/C23H16ClF3N4/c1-23(2,17-7-3-5-15(28-17)13-9-11-19(25)30-21(13)24)18-8-4-6-16(29-18)14-10-12-20(26)31-22(14)27/h3-12H,1-2H3. The molecule has 0 aliphatic rings. The van der Waals surface area contributed by atoms with Crippen molar-refractivity contribution in [2.45, 2.75) is 19.3 Å². The zero-order valence-corrected chi connectivity index (χ0v) is 17.3. The van der Waals surface area contributed by atoms with E-state index in [4.69, 9.17) is 16.6 Å². The third-order valence-corrected chi connectivity index (χ3v) is 5.25. The molecule has 0 amide bonds. The summed E-state index contributed by atoms with van der Waals surface area (Å²) < 4.78 is 40.6. The number of halogens is 4. The third kappa shape index (κ3) is 4.14. The molecule has 0 aromatic carbocycles. The first-order valence-corrected chi connectivity index (χ1v) is 9.73. The van der Waals surface area contributed by atoms with E-state index in [2.05, 4.69) is 15.0 Å². The van der Waals surface area contributed by atoms with Crippen molar-refractivity contribution in [3.63, 3.8) is 0 Å². The van der Waals surface area contributed by atoms with Crippen molar-refractivity contribution >= 4 is 11.6 Å². The molecule has 0 fully saturated rings. The largest absolute Gasteiger partial charge is 0.252 e. The van der Waals surface area contributed by atoms with Crippen molar-refractivity contribution < 1.29 is 13.2 Å². The number of pyridine rings is 4. The number of hydrogen-bond donors (Lipinski definition) is 0. The Bertz CT molecular complexity index is 1180. The maximum atomic E-state index is 14.1. The predicted octanol–water partition coefficient (Wildman–Crippen LogP) is 6.00. The van der Waals surface area contributed by atoms with E-state index in [0.29, 0.717) is 28.3 Å². The van der Waals surface area contributed by atoms with Gasteiger partial charge in [0.2, 0.25) is 17.8 Å². The van der Waals surface area contributed by atoms with Gasteiger partial charge in [0.25, 0.3) is 0 Å². The summed E-state index contributed by atoms with van der Waals surface area (Å²) in [5.41, 5.74) is 2.10. The molecule has 0 atom stereocenters. The van der Waals surface area contributed by atoms with Crippen LogP contribution in [-0.2, 0) is 5.41 Å². The molecule has 0 spiro atoms. The van der Waals surface area contributed by atoms with Crippen LogP contribution in [0.5, 0.6) is 0 Å². The van der Waals surface area contributed by atoms with E-state index >= 15 is 0 Å². The van der Waals surface area contributed by atoms with E-state index in [0.717, 1.165) is 6.07 Å². The highest BCUT2D eigenvalue weighted by molar-refractivity contribution is 6.32. The van der Waals surface area contributed by atoms with Crippen molar-refractivity contribution in [2.24, 2.45) is 0 Å². The van der Waals surface area contributed by atoms with E-state index in [9.17, 15) is 13.2 Å². The molecule has 31 heavy (non-hydrogen) atoms. The normalized spacial score (nSPS) is 11.5. The molecular weight excluding hydrogens is 425 g/mol. The fourth-order valence-corrected chi connectivity index (χ4v) is 3.44. The summed E-state index contributed by atoms with van der Waals surface area (Å²) in [6, 6.07) is 15.7. The number of aromatic nitrogens is 4. The van der Waals surface area contributed by atoms with Gasteiger partial charge >= 0.3 is 0 Å². The maximum absolute atomic E-state index is 14.1. The van der Waals surface area contributed by atoms with Crippen molar-refractivity contribution in [2.75, 3.05) is 0 Å². The maximum Gasteiger partial charge on any atom is 0.224 e. The molecule has 0 radical (unpaired) electrons. The highest BCUT2D eigenvalue weighted by Crippen LogP contribution is 2.33. The second-order valence-electron chi connectivity index (χ2n) is 7.39. The van der Waals surface area contributed by atoms with E-state index in [1.165, 1.54) is 18.2 Å². The molecular formula is C23H16ClF3N4. The summed E-state index contributed by atoms with van der Waals surface area (Å²) in [5, 5.41) is 0.0156. The van der Waals surface area contributed by atoms with Crippen molar-refractivity contribution in [1.82, 2.24) is 19.9 Å². The Morgan fingerprint density at radius 1 is 0.645 bits per heavy atom. The van der Waals surface area contributed by atoms with Gasteiger partial charge in [0, 0.05) is 11.0 Å². The van der Waals surface area contributed by atoms with Crippen molar-refractivity contribution in [3.05, 3.63) is 95.0 Å². The highest BCUT2D eigenvalue weighted by Gasteiger charge is 2.27. The second-order valence-corrected chi connectivity index (χ2v) is 7.74. The zero-order chi connectivity index (χ0) is 22.2. The van der Waals surface area contributed by atoms with Crippen molar-refractivity contribution in [3.8, 4) is 22.5 Å². The summed E-state index contributed by atoms with van der Waals surface area (Å²) >= 11 is 6.09. The average Bonchev–Trinajstić information content (AvgIpc) is 2.74. The Kier molecular flexibility index (Phi) is 5.45. The minimum atomic E-state index is -0.930. The number of nitrogens with zero attached hydrogens (tertiary/aromatic N) is 4. The van der Waals surface area contributed by atoms with Gasteiger partial charge in [-0.15, -0.1) is 0 Å². The fraction of sp³-hybridized carbons (Fsp3) is 0.130. The van der Waals surface area contributed by atoms with Gasteiger partial charge in [-0.3, -0.25) is 9.97 Å². The van der Waals surface area contributed by atoms with E-state index < -0.39 is 23.3 Å². The minimum Gasteiger partial charge on any atom is -0.252 e. The first kappa shape index (κ1) is 20.9. The van der Waals surface area contributed by atoms with Gasteiger partial charge in [-0.1, -0.05) is 23.7 Å². The number of hydrogen-bond acceptors (Lipinski definition) is 4. The zero-order valence-electron chi connectivity index (χ0n) is 16.6. The lowest BCUT2D eigenvalue weighted by Crippen LogP contribution is -2.22. The molecule has 8 heteroatoms. The molecule has 0 saturated heterocycles. The van der Waals surface area contributed by atoms with Crippen LogP contribution in [0.15, 0.2) is 60.7 Å². The van der Waals surface area contributed by atoms with E-state index in [-0.39, 0.29) is 10.7 Å². The minimum absolute atomic E-state index is 0.0156. The van der Waals surface area contributed by atoms with Crippen LogP contribution >= 0.6 is 11.6 Å². The van der Waals surface area contributed by atoms with Gasteiger partial charge in [-0.25, -0.2) is 4.98 Å². The first-order chi connectivity index (χ1) is 14.8. The SMILES string of the molecule is CC(C)(c1cccc(-c2ccc(F)nc2F)n1)c1cccc(-c2ccc(F)nc2Cl)n1. The van der Waals surface area contributed by atoms with Gasteiger partial charge in [-0.05, 0) is 62.4 Å². The van der Waals surface area contributed by atoms with Gasteiger partial charge < -0.3 is 0 Å². The molecule has 0 bridgehead atoms. The van der Waals surface area contributed by atoms with Gasteiger partial charge in [0.1, 0.15) is 5.15 Å². The second kappa shape index (κ2) is 8.07. The van der Waals surface area contributed by atoms with Crippen LogP contribution in [0, 0.1) is 17.8 Å². The molecule has 4 heterocycles. The molecule has 0 aliphatic heterocycles. The Labute approximate surface area is 181 Å².